The molecule has 0 bridgehead atoms. The molecule has 2 rings (SSSR count). The van der Waals surface area contributed by atoms with Crippen molar-refractivity contribution in [1.29, 1.82) is 0 Å². The van der Waals surface area contributed by atoms with Crippen molar-refractivity contribution in [1.82, 2.24) is 10.6 Å². The molecule has 0 atom stereocenters. The summed E-state index contributed by atoms with van der Waals surface area (Å²) in [6.07, 6.45) is 1.66. The molecule has 0 aromatic heterocycles. The lowest BCUT2D eigenvalue weighted by molar-refractivity contribution is 0.0976. The summed E-state index contributed by atoms with van der Waals surface area (Å²) in [5.41, 5.74) is 0.496. The number of amides is 1. The molecule has 25 heavy (non-hydrogen) atoms. The Bertz CT molecular complexity index is 702. The number of hydrogen-bond acceptors (Lipinski definition) is 4. The third-order valence-electron chi connectivity index (χ3n) is 3.11. The van der Waals surface area contributed by atoms with E-state index in [2.05, 4.69) is 17.2 Å². The van der Waals surface area contributed by atoms with Crippen LogP contribution in [0.4, 0.5) is 0 Å². The van der Waals surface area contributed by atoms with Gasteiger partial charge in [0.1, 0.15) is 24.7 Å². The molecule has 0 unspecified atom stereocenters. The minimum absolute atomic E-state index is 0.267. The fourth-order valence-corrected chi connectivity index (χ4v) is 2.10. The van der Waals surface area contributed by atoms with Gasteiger partial charge < -0.3 is 14.8 Å². The van der Waals surface area contributed by atoms with Gasteiger partial charge in [-0.3, -0.25) is 10.1 Å². The highest BCUT2D eigenvalue weighted by Gasteiger charge is 2.07. The van der Waals surface area contributed by atoms with E-state index in [9.17, 15) is 4.79 Å². The second-order valence-corrected chi connectivity index (χ2v) is 5.40. The van der Waals surface area contributed by atoms with Crippen molar-refractivity contribution in [2.45, 2.75) is 0 Å². The Balaban J connectivity index is 1.74. The van der Waals surface area contributed by atoms with E-state index < -0.39 is 0 Å². The Hall–Kier alpha value is -2.86. The zero-order chi connectivity index (χ0) is 17.9. The number of carbonyl (C=O) groups excluding carboxylic acids is 1. The first kappa shape index (κ1) is 18.5. The van der Waals surface area contributed by atoms with Crippen LogP contribution in [-0.2, 0) is 0 Å². The molecule has 0 aliphatic rings. The highest BCUT2D eigenvalue weighted by molar-refractivity contribution is 7.80. The molecule has 0 aliphatic heterocycles. The Kier molecular flexibility index (Phi) is 7.46. The average Bonchev–Trinajstić information content (AvgIpc) is 2.65. The number of ether oxygens (including phenoxy) is 2. The van der Waals surface area contributed by atoms with Crippen LogP contribution in [0.1, 0.15) is 10.4 Å². The lowest BCUT2D eigenvalue weighted by Gasteiger charge is -2.10. The summed E-state index contributed by atoms with van der Waals surface area (Å²) < 4.78 is 11.1. The molecular weight excluding hydrogens is 336 g/mol. The third kappa shape index (κ3) is 6.64. The molecule has 1 amide bonds. The molecule has 0 aliphatic carbocycles. The second kappa shape index (κ2) is 10.1. The lowest BCUT2D eigenvalue weighted by atomic mass is 10.2. The number of carbonyl (C=O) groups is 1. The van der Waals surface area contributed by atoms with Crippen molar-refractivity contribution >= 4 is 23.2 Å². The van der Waals surface area contributed by atoms with Crippen LogP contribution in [0.2, 0.25) is 0 Å². The normalized spacial score (nSPS) is 9.76. The third-order valence-corrected chi connectivity index (χ3v) is 3.36. The summed E-state index contributed by atoms with van der Waals surface area (Å²) >= 11 is 5.00. The van der Waals surface area contributed by atoms with Gasteiger partial charge in [0.15, 0.2) is 5.11 Å². The van der Waals surface area contributed by atoms with Gasteiger partial charge in [-0.15, -0.1) is 6.58 Å². The SMILES string of the molecule is C=CCNC(=S)NC(=O)c1ccc(OCCOc2ccccc2)cc1. The lowest BCUT2D eigenvalue weighted by Crippen LogP contribution is -2.39. The van der Waals surface area contributed by atoms with Crippen molar-refractivity contribution in [2.75, 3.05) is 19.8 Å². The fourth-order valence-electron chi connectivity index (χ4n) is 1.92. The van der Waals surface area contributed by atoms with Gasteiger partial charge >= 0.3 is 0 Å². The summed E-state index contributed by atoms with van der Waals surface area (Å²) in [7, 11) is 0. The topological polar surface area (TPSA) is 59.6 Å². The minimum atomic E-state index is -0.277. The van der Waals surface area contributed by atoms with E-state index in [1.54, 1.807) is 30.3 Å². The molecule has 0 fully saturated rings. The van der Waals surface area contributed by atoms with E-state index in [-0.39, 0.29) is 11.0 Å². The smallest absolute Gasteiger partial charge is 0.257 e. The number of rotatable bonds is 8. The number of nitrogens with one attached hydrogen (secondary N) is 2. The van der Waals surface area contributed by atoms with Gasteiger partial charge in [0.2, 0.25) is 0 Å². The molecule has 2 N–H and O–H groups in total. The Labute approximate surface area is 152 Å². The predicted molar refractivity (Wildman–Crippen MR) is 102 cm³/mol. The zero-order valence-corrected chi connectivity index (χ0v) is 14.6. The minimum Gasteiger partial charge on any atom is -0.490 e. The van der Waals surface area contributed by atoms with Crippen LogP contribution in [0, 0.1) is 0 Å². The van der Waals surface area contributed by atoms with E-state index in [0.29, 0.717) is 31.1 Å². The largest absolute Gasteiger partial charge is 0.490 e. The molecular formula is C19H20N2O3S. The molecule has 0 radical (unpaired) electrons. The van der Waals surface area contributed by atoms with Crippen molar-refractivity contribution in [3.8, 4) is 11.5 Å². The molecule has 2 aromatic rings. The van der Waals surface area contributed by atoms with Crippen LogP contribution < -0.4 is 20.1 Å². The fraction of sp³-hybridized carbons (Fsp3) is 0.158. The Morgan fingerprint density at radius 1 is 1.00 bits per heavy atom. The van der Waals surface area contributed by atoms with Crippen molar-refractivity contribution in [3.63, 3.8) is 0 Å². The van der Waals surface area contributed by atoms with E-state index in [1.807, 2.05) is 30.3 Å². The van der Waals surface area contributed by atoms with Crippen LogP contribution in [0.15, 0.2) is 67.3 Å². The standard InChI is InChI=1S/C19H20N2O3S/c1-2-12-20-19(25)21-18(22)15-8-10-17(11-9-15)24-14-13-23-16-6-4-3-5-7-16/h2-11H,1,12-14H2,(H2,20,21,22,25). The first-order chi connectivity index (χ1) is 12.2. The number of hydrogen-bond donors (Lipinski definition) is 2. The Morgan fingerprint density at radius 2 is 1.60 bits per heavy atom. The van der Waals surface area contributed by atoms with Crippen molar-refractivity contribution < 1.29 is 14.3 Å². The first-order valence-corrected chi connectivity index (χ1v) is 8.20. The number of benzene rings is 2. The quantitative estimate of drug-likeness (QED) is 0.433. The first-order valence-electron chi connectivity index (χ1n) is 7.80. The van der Waals surface area contributed by atoms with E-state index in [1.165, 1.54) is 0 Å². The molecule has 0 heterocycles. The number of thiocarbonyl (C=S) groups is 1. The summed E-state index contributed by atoms with van der Waals surface area (Å²) in [6, 6.07) is 16.4. The van der Waals surface area contributed by atoms with E-state index >= 15 is 0 Å². The van der Waals surface area contributed by atoms with Gasteiger partial charge in [0.05, 0.1) is 0 Å². The summed E-state index contributed by atoms with van der Waals surface area (Å²) in [6.45, 7) is 4.92. The van der Waals surface area contributed by atoms with E-state index in [4.69, 9.17) is 21.7 Å². The monoisotopic (exact) mass is 356 g/mol. The van der Waals surface area contributed by atoms with Crippen molar-refractivity contribution in [2.24, 2.45) is 0 Å². The van der Waals surface area contributed by atoms with Crippen LogP contribution in [0.5, 0.6) is 11.5 Å². The molecule has 0 spiro atoms. The molecule has 0 saturated carbocycles. The summed E-state index contributed by atoms with van der Waals surface area (Å²) in [5.74, 6) is 1.19. The zero-order valence-electron chi connectivity index (χ0n) is 13.7. The summed E-state index contributed by atoms with van der Waals surface area (Å²) in [5, 5.41) is 5.70. The predicted octanol–water partition coefficient (Wildman–Crippen LogP) is 2.93. The van der Waals surface area contributed by atoms with Gasteiger partial charge in [0, 0.05) is 12.1 Å². The van der Waals surface area contributed by atoms with Gasteiger partial charge in [-0.05, 0) is 48.6 Å². The molecule has 0 saturated heterocycles. The van der Waals surface area contributed by atoms with Crippen LogP contribution in [0.25, 0.3) is 0 Å². The molecule has 130 valence electrons. The maximum absolute atomic E-state index is 12.0. The highest BCUT2D eigenvalue weighted by atomic mass is 32.1. The molecule has 6 heteroatoms. The van der Waals surface area contributed by atoms with Gasteiger partial charge in [-0.2, -0.15) is 0 Å². The summed E-state index contributed by atoms with van der Waals surface area (Å²) in [4.78, 5) is 12.0. The van der Waals surface area contributed by atoms with Crippen LogP contribution >= 0.6 is 12.2 Å². The maximum Gasteiger partial charge on any atom is 0.257 e. The second-order valence-electron chi connectivity index (χ2n) is 4.99. The molecule has 2 aromatic carbocycles. The van der Waals surface area contributed by atoms with Gasteiger partial charge in [0.25, 0.3) is 5.91 Å². The van der Waals surface area contributed by atoms with E-state index in [0.717, 1.165) is 5.75 Å². The van der Waals surface area contributed by atoms with Gasteiger partial charge in [-0.25, -0.2) is 0 Å². The van der Waals surface area contributed by atoms with Gasteiger partial charge in [-0.1, -0.05) is 24.3 Å². The van der Waals surface area contributed by atoms with Crippen LogP contribution in [-0.4, -0.2) is 30.8 Å². The molecule has 5 nitrogen and oxygen atoms in total. The Morgan fingerprint density at radius 3 is 2.20 bits per heavy atom. The maximum atomic E-state index is 12.0. The van der Waals surface area contributed by atoms with Crippen LogP contribution in [0.3, 0.4) is 0 Å². The highest BCUT2D eigenvalue weighted by Crippen LogP contribution is 2.13. The van der Waals surface area contributed by atoms with Crippen molar-refractivity contribution in [3.05, 3.63) is 72.8 Å². The average molecular weight is 356 g/mol. The number of para-hydroxylation sites is 1.